The van der Waals surface area contributed by atoms with Crippen molar-refractivity contribution in [3.05, 3.63) is 51.6 Å². The standard InChI is InChI=1S/C13H18N4O2/c1-10(2)17-8-7-15(13(17)19)5-6-16-9-11(14)3-4-12(16)18/h3-4,7-10H,5-6,14H2,1-2H3. The van der Waals surface area contributed by atoms with E-state index < -0.39 is 0 Å². The Morgan fingerprint density at radius 1 is 1.11 bits per heavy atom. The van der Waals surface area contributed by atoms with Gasteiger partial charge >= 0.3 is 5.69 Å². The number of nitrogen functional groups attached to an aromatic ring is 1. The van der Waals surface area contributed by atoms with Gasteiger partial charge in [-0.05, 0) is 19.9 Å². The van der Waals surface area contributed by atoms with Gasteiger partial charge in [0.25, 0.3) is 5.56 Å². The molecule has 6 nitrogen and oxygen atoms in total. The largest absolute Gasteiger partial charge is 0.398 e. The maximum Gasteiger partial charge on any atom is 0.328 e. The summed E-state index contributed by atoms with van der Waals surface area (Å²) in [6.07, 6.45) is 5.08. The van der Waals surface area contributed by atoms with Crippen LogP contribution in [-0.2, 0) is 13.1 Å². The van der Waals surface area contributed by atoms with Gasteiger partial charge in [-0.15, -0.1) is 0 Å². The van der Waals surface area contributed by atoms with Crippen LogP contribution in [0.3, 0.4) is 0 Å². The second-order valence-corrected chi connectivity index (χ2v) is 4.77. The number of rotatable bonds is 4. The summed E-state index contributed by atoms with van der Waals surface area (Å²) in [5.41, 5.74) is 5.99. The van der Waals surface area contributed by atoms with Crippen LogP contribution in [0.4, 0.5) is 5.69 Å². The van der Waals surface area contributed by atoms with Crippen molar-refractivity contribution in [2.45, 2.75) is 33.0 Å². The lowest BCUT2D eigenvalue weighted by Gasteiger charge is -2.07. The Balaban J connectivity index is 2.17. The molecule has 102 valence electrons. The molecule has 0 aliphatic carbocycles. The van der Waals surface area contributed by atoms with Crippen molar-refractivity contribution >= 4 is 5.69 Å². The maximum atomic E-state index is 12.0. The third kappa shape index (κ3) is 2.78. The van der Waals surface area contributed by atoms with Crippen LogP contribution in [0.15, 0.2) is 40.3 Å². The van der Waals surface area contributed by atoms with Crippen LogP contribution < -0.4 is 17.0 Å². The Bertz CT molecular complexity index is 678. The van der Waals surface area contributed by atoms with Crippen LogP contribution in [0.1, 0.15) is 19.9 Å². The molecule has 2 N–H and O–H groups in total. The third-order valence-corrected chi connectivity index (χ3v) is 3.02. The van der Waals surface area contributed by atoms with Gasteiger partial charge in [0, 0.05) is 49.5 Å². The number of aryl methyl sites for hydroxylation is 2. The summed E-state index contributed by atoms with van der Waals surface area (Å²) in [4.78, 5) is 23.6. The summed E-state index contributed by atoms with van der Waals surface area (Å²) < 4.78 is 4.76. The molecule has 0 bridgehead atoms. The van der Waals surface area contributed by atoms with Gasteiger partial charge in [-0.2, -0.15) is 0 Å². The number of nitrogens with zero attached hydrogens (tertiary/aromatic N) is 3. The van der Waals surface area contributed by atoms with Gasteiger partial charge in [0.05, 0.1) is 0 Å². The number of imidazole rings is 1. The van der Waals surface area contributed by atoms with E-state index >= 15 is 0 Å². The maximum absolute atomic E-state index is 12.0. The summed E-state index contributed by atoms with van der Waals surface area (Å²) in [5, 5.41) is 0. The highest BCUT2D eigenvalue weighted by Crippen LogP contribution is 2.00. The summed E-state index contributed by atoms with van der Waals surface area (Å²) in [6.45, 7) is 4.77. The Morgan fingerprint density at radius 2 is 1.79 bits per heavy atom. The fourth-order valence-corrected chi connectivity index (χ4v) is 1.93. The predicted octanol–water partition coefficient (Wildman–Crippen LogP) is 0.675. The van der Waals surface area contributed by atoms with Gasteiger partial charge in [-0.25, -0.2) is 4.79 Å². The van der Waals surface area contributed by atoms with E-state index in [4.69, 9.17) is 5.73 Å². The van der Waals surface area contributed by atoms with E-state index in [0.717, 1.165) is 0 Å². The van der Waals surface area contributed by atoms with Crippen LogP contribution >= 0.6 is 0 Å². The molecular formula is C13H18N4O2. The van der Waals surface area contributed by atoms with E-state index in [1.165, 1.54) is 10.6 Å². The molecule has 0 aliphatic rings. The Hall–Kier alpha value is -2.24. The number of hydrogen-bond acceptors (Lipinski definition) is 3. The number of pyridine rings is 1. The zero-order valence-corrected chi connectivity index (χ0v) is 11.1. The fraction of sp³-hybridized carbons (Fsp3) is 0.385. The van der Waals surface area contributed by atoms with E-state index in [9.17, 15) is 9.59 Å². The highest BCUT2D eigenvalue weighted by atomic mass is 16.2. The molecule has 0 unspecified atom stereocenters. The molecule has 0 atom stereocenters. The fourth-order valence-electron chi connectivity index (χ4n) is 1.93. The highest BCUT2D eigenvalue weighted by Gasteiger charge is 2.06. The molecule has 0 fully saturated rings. The van der Waals surface area contributed by atoms with Crippen molar-refractivity contribution < 1.29 is 0 Å². The first-order chi connectivity index (χ1) is 8.99. The second kappa shape index (κ2) is 5.17. The van der Waals surface area contributed by atoms with Crippen LogP contribution in [0.25, 0.3) is 0 Å². The molecule has 2 aromatic heterocycles. The molecular weight excluding hydrogens is 244 g/mol. The Labute approximate surface area is 110 Å². The molecule has 0 saturated heterocycles. The van der Waals surface area contributed by atoms with Crippen molar-refractivity contribution in [1.82, 2.24) is 13.7 Å². The second-order valence-electron chi connectivity index (χ2n) is 4.77. The molecule has 0 aliphatic heterocycles. The minimum absolute atomic E-state index is 0.0630. The number of nitrogens with two attached hydrogens (primary N) is 1. The summed E-state index contributed by atoms with van der Waals surface area (Å²) in [7, 11) is 0. The van der Waals surface area contributed by atoms with E-state index in [0.29, 0.717) is 18.8 Å². The van der Waals surface area contributed by atoms with Crippen LogP contribution in [0.2, 0.25) is 0 Å². The monoisotopic (exact) mass is 262 g/mol. The van der Waals surface area contributed by atoms with Crippen LogP contribution in [0.5, 0.6) is 0 Å². The molecule has 2 heterocycles. The molecule has 0 amide bonds. The molecule has 2 aromatic rings. The van der Waals surface area contributed by atoms with Crippen molar-refractivity contribution in [1.29, 1.82) is 0 Å². The first-order valence-corrected chi connectivity index (χ1v) is 6.22. The Morgan fingerprint density at radius 3 is 2.42 bits per heavy atom. The normalized spacial score (nSPS) is 11.1. The van der Waals surface area contributed by atoms with Crippen molar-refractivity contribution in [2.24, 2.45) is 0 Å². The van der Waals surface area contributed by atoms with Gasteiger partial charge in [0.1, 0.15) is 0 Å². The van der Waals surface area contributed by atoms with Gasteiger partial charge in [-0.1, -0.05) is 0 Å². The van der Waals surface area contributed by atoms with E-state index in [1.54, 1.807) is 33.8 Å². The van der Waals surface area contributed by atoms with Crippen LogP contribution in [0, 0.1) is 0 Å². The van der Waals surface area contributed by atoms with Gasteiger partial charge in [-0.3, -0.25) is 13.9 Å². The van der Waals surface area contributed by atoms with Gasteiger partial charge < -0.3 is 10.3 Å². The molecule has 6 heteroatoms. The topological polar surface area (TPSA) is 75.0 Å². The van der Waals surface area contributed by atoms with Crippen molar-refractivity contribution in [2.75, 3.05) is 5.73 Å². The lowest BCUT2D eigenvalue weighted by atomic mass is 10.4. The van der Waals surface area contributed by atoms with Crippen LogP contribution in [-0.4, -0.2) is 13.7 Å². The quantitative estimate of drug-likeness (QED) is 0.880. The molecule has 0 spiro atoms. The Kier molecular flexibility index (Phi) is 3.59. The van der Waals surface area contributed by atoms with Crippen molar-refractivity contribution in [3.63, 3.8) is 0 Å². The van der Waals surface area contributed by atoms with E-state index in [1.807, 2.05) is 13.8 Å². The molecule has 19 heavy (non-hydrogen) atoms. The molecule has 0 radical (unpaired) electrons. The predicted molar refractivity (Wildman–Crippen MR) is 74.2 cm³/mol. The lowest BCUT2D eigenvalue weighted by Crippen LogP contribution is -2.28. The zero-order chi connectivity index (χ0) is 14.0. The number of hydrogen-bond donors (Lipinski definition) is 1. The van der Waals surface area contributed by atoms with E-state index in [2.05, 4.69) is 0 Å². The molecule has 0 saturated carbocycles. The average Bonchev–Trinajstić information content (AvgIpc) is 2.72. The molecule has 2 rings (SSSR count). The van der Waals surface area contributed by atoms with E-state index in [-0.39, 0.29) is 17.3 Å². The van der Waals surface area contributed by atoms with Crippen molar-refractivity contribution in [3.8, 4) is 0 Å². The summed E-state index contributed by atoms with van der Waals surface area (Å²) in [6, 6.07) is 3.13. The SMILES string of the molecule is CC(C)n1ccn(CCn2cc(N)ccc2=O)c1=O. The number of anilines is 1. The van der Waals surface area contributed by atoms with Gasteiger partial charge in [0.2, 0.25) is 0 Å². The smallest absolute Gasteiger partial charge is 0.328 e. The first kappa shape index (κ1) is 13.2. The first-order valence-electron chi connectivity index (χ1n) is 6.22. The average molecular weight is 262 g/mol. The van der Waals surface area contributed by atoms with Gasteiger partial charge in [0.15, 0.2) is 0 Å². The minimum Gasteiger partial charge on any atom is -0.398 e. The number of aromatic nitrogens is 3. The third-order valence-electron chi connectivity index (χ3n) is 3.02. The summed E-state index contributed by atoms with van der Waals surface area (Å²) in [5.74, 6) is 0. The zero-order valence-electron chi connectivity index (χ0n) is 11.1. The molecule has 0 aromatic carbocycles. The summed E-state index contributed by atoms with van der Waals surface area (Å²) >= 11 is 0. The minimum atomic E-state index is -0.120. The lowest BCUT2D eigenvalue weighted by molar-refractivity contribution is 0.518. The highest BCUT2D eigenvalue weighted by molar-refractivity contribution is 5.33.